The number of halogens is 5. The molecule has 0 amide bonds. The van der Waals surface area contributed by atoms with E-state index in [1.807, 2.05) is 25.3 Å². The Hall–Kier alpha value is -1.65. The van der Waals surface area contributed by atoms with Crippen molar-refractivity contribution in [2.45, 2.75) is 58.7 Å². The topological polar surface area (TPSA) is 54.2 Å². The molecule has 1 N–H and O–H groups in total. The van der Waals surface area contributed by atoms with Crippen molar-refractivity contribution in [2.75, 3.05) is 18.1 Å². The molecule has 0 aliphatic carbocycles. The summed E-state index contributed by atoms with van der Waals surface area (Å²) in [6.45, 7) is 6.71. The predicted molar refractivity (Wildman–Crippen MR) is 130 cm³/mol. The van der Waals surface area contributed by atoms with Gasteiger partial charge in [-0.05, 0) is 96.0 Å². The number of hydrogen-bond donors (Lipinski definition) is 1. The van der Waals surface area contributed by atoms with E-state index in [0.717, 1.165) is 60.4 Å². The lowest BCUT2D eigenvalue weighted by Gasteiger charge is -2.37. The van der Waals surface area contributed by atoms with E-state index < -0.39 is 11.7 Å². The summed E-state index contributed by atoms with van der Waals surface area (Å²) in [6.07, 6.45) is -0.644. The van der Waals surface area contributed by atoms with Gasteiger partial charge in [-0.25, -0.2) is 9.97 Å². The molecule has 178 valence electrons. The van der Waals surface area contributed by atoms with Gasteiger partial charge >= 0.3 is 6.18 Å². The van der Waals surface area contributed by atoms with E-state index in [1.54, 1.807) is 0 Å². The van der Waals surface area contributed by atoms with Gasteiger partial charge in [-0.3, -0.25) is 4.57 Å². The van der Waals surface area contributed by atoms with Crippen LogP contribution in [-0.4, -0.2) is 38.8 Å². The lowest BCUT2D eigenvalue weighted by atomic mass is 9.99. The van der Waals surface area contributed by atoms with Gasteiger partial charge in [0.05, 0.1) is 16.6 Å². The van der Waals surface area contributed by atoms with E-state index >= 15 is 0 Å². The van der Waals surface area contributed by atoms with Gasteiger partial charge in [0.1, 0.15) is 11.6 Å². The Bertz CT molecular complexity index is 1180. The molecule has 33 heavy (non-hydrogen) atoms. The molecule has 3 heterocycles. The maximum atomic E-state index is 13.3. The van der Waals surface area contributed by atoms with Crippen LogP contribution in [0.25, 0.3) is 16.7 Å². The fourth-order valence-electron chi connectivity index (χ4n) is 4.70. The second-order valence-electron chi connectivity index (χ2n) is 8.48. The van der Waals surface area contributed by atoms with Gasteiger partial charge in [0.15, 0.2) is 5.65 Å². The van der Waals surface area contributed by atoms with Crippen molar-refractivity contribution in [1.29, 1.82) is 0 Å². The molecular weight excluding hydrogens is 565 g/mol. The minimum atomic E-state index is -4.45. The van der Waals surface area contributed by atoms with Crippen LogP contribution >= 0.6 is 31.9 Å². The van der Waals surface area contributed by atoms with E-state index in [0.29, 0.717) is 32.5 Å². The van der Waals surface area contributed by atoms with Crippen molar-refractivity contribution in [2.24, 2.45) is 0 Å². The third-order valence-electron chi connectivity index (χ3n) is 6.38. The SMILES string of the molecule is Cc1nc(N2CCCCC2CCO)c2c(C)c(C)n(-c3c(Br)cc(C(F)(F)F)cc3Br)c2n1. The Morgan fingerprint density at radius 2 is 1.76 bits per heavy atom. The van der Waals surface area contributed by atoms with Gasteiger partial charge in [0, 0.05) is 33.8 Å². The van der Waals surface area contributed by atoms with Crippen LogP contribution in [0.5, 0.6) is 0 Å². The Morgan fingerprint density at radius 1 is 1.09 bits per heavy atom. The minimum Gasteiger partial charge on any atom is -0.396 e. The highest BCUT2D eigenvalue weighted by atomic mass is 79.9. The Kier molecular flexibility index (Phi) is 6.81. The number of aliphatic hydroxyl groups excluding tert-OH is 1. The third-order valence-corrected chi connectivity index (χ3v) is 7.59. The van der Waals surface area contributed by atoms with Gasteiger partial charge < -0.3 is 10.0 Å². The summed E-state index contributed by atoms with van der Waals surface area (Å²) in [6, 6.07) is 2.38. The Morgan fingerprint density at radius 3 is 2.36 bits per heavy atom. The number of aromatic nitrogens is 3. The molecule has 10 heteroatoms. The van der Waals surface area contributed by atoms with Crippen LogP contribution in [0.15, 0.2) is 21.1 Å². The van der Waals surface area contributed by atoms with Crippen molar-refractivity contribution in [3.05, 3.63) is 43.7 Å². The fraction of sp³-hybridized carbons (Fsp3) is 0.478. The molecule has 0 saturated carbocycles. The Balaban J connectivity index is 1.98. The zero-order chi connectivity index (χ0) is 24.1. The van der Waals surface area contributed by atoms with Crippen molar-refractivity contribution in [1.82, 2.24) is 14.5 Å². The highest BCUT2D eigenvalue weighted by molar-refractivity contribution is 9.11. The first-order valence-electron chi connectivity index (χ1n) is 10.8. The smallest absolute Gasteiger partial charge is 0.396 e. The highest BCUT2D eigenvalue weighted by Crippen LogP contribution is 2.42. The monoisotopic (exact) mass is 588 g/mol. The number of nitrogens with zero attached hydrogens (tertiary/aromatic N) is 4. The van der Waals surface area contributed by atoms with E-state index in [9.17, 15) is 18.3 Å². The van der Waals surface area contributed by atoms with E-state index in [2.05, 4.69) is 36.8 Å². The molecule has 2 aromatic heterocycles. The summed E-state index contributed by atoms with van der Waals surface area (Å²) in [5.41, 5.74) is 2.34. The standard InChI is InChI=1S/C23H25Br2F3N4O/c1-12-13(2)32(20-17(24)10-15(11-18(20)25)23(26,27)28)22-19(12)21(29-14(3)30-22)31-8-5-4-6-16(31)7-9-33/h10-11,16,33H,4-9H2,1-3H3. The third kappa shape index (κ3) is 4.41. The minimum absolute atomic E-state index is 0.110. The number of anilines is 1. The fourth-order valence-corrected chi connectivity index (χ4v) is 6.24. The number of piperidine rings is 1. The summed E-state index contributed by atoms with van der Waals surface area (Å²) in [5, 5.41) is 10.5. The summed E-state index contributed by atoms with van der Waals surface area (Å²) in [4.78, 5) is 11.8. The molecule has 1 unspecified atom stereocenters. The first-order chi connectivity index (χ1) is 15.5. The van der Waals surface area contributed by atoms with Gasteiger partial charge in [0.25, 0.3) is 0 Å². The van der Waals surface area contributed by atoms with Crippen LogP contribution in [0.4, 0.5) is 19.0 Å². The second kappa shape index (κ2) is 9.19. The largest absolute Gasteiger partial charge is 0.416 e. The average Bonchev–Trinajstić information content (AvgIpc) is 2.97. The zero-order valence-electron chi connectivity index (χ0n) is 18.6. The molecule has 1 aliphatic heterocycles. The summed E-state index contributed by atoms with van der Waals surface area (Å²) in [7, 11) is 0. The van der Waals surface area contributed by atoms with Gasteiger partial charge in [-0.2, -0.15) is 13.2 Å². The summed E-state index contributed by atoms with van der Waals surface area (Å²) < 4.78 is 42.5. The predicted octanol–water partition coefficient (Wildman–Crippen LogP) is 6.63. The molecule has 1 fully saturated rings. The van der Waals surface area contributed by atoms with Crippen LogP contribution in [0.2, 0.25) is 0 Å². The number of rotatable bonds is 4. The number of aryl methyl sites for hydroxylation is 2. The highest BCUT2D eigenvalue weighted by Gasteiger charge is 2.33. The first kappa shape index (κ1) is 24.5. The van der Waals surface area contributed by atoms with E-state index in [-0.39, 0.29) is 12.6 Å². The number of hydrogen-bond acceptors (Lipinski definition) is 4. The summed E-state index contributed by atoms with van der Waals surface area (Å²) >= 11 is 6.74. The van der Waals surface area contributed by atoms with Crippen LogP contribution in [0.1, 0.15) is 48.3 Å². The molecule has 0 bridgehead atoms. The average molecular weight is 590 g/mol. The molecule has 0 spiro atoms. The normalized spacial score (nSPS) is 17.2. The molecule has 0 radical (unpaired) electrons. The number of fused-ring (bicyclic) bond motifs is 1. The molecular formula is C23H25Br2F3N4O. The number of alkyl halides is 3. The van der Waals surface area contributed by atoms with Crippen molar-refractivity contribution in [3.63, 3.8) is 0 Å². The van der Waals surface area contributed by atoms with Crippen LogP contribution in [0, 0.1) is 20.8 Å². The van der Waals surface area contributed by atoms with Crippen molar-refractivity contribution >= 4 is 48.7 Å². The lowest BCUT2D eigenvalue weighted by molar-refractivity contribution is -0.137. The van der Waals surface area contributed by atoms with Crippen LogP contribution < -0.4 is 4.90 Å². The first-order valence-corrected chi connectivity index (χ1v) is 12.4. The second-order valence-corrected chi connectivity index (χ2v) is 10.2. The maximum Gasteiger partial charge on any atom is 0.416 e. The molecule has 3 aromatic rings. The quantitative estimate of drug-likeness (QED) is 0.371. The van der Waals surface area contributed by atoms with Crippen LogP contribution in [-0.2, 0) is 6.18 Å². The zero-order valence-corrected chi connectivity index (χ0v) is 21.8. The lowest BCUT2D eigenvalue weighted by Crippen LogP contribution is -2.41. The van der Waals surface area contributed by atoms with Gasteiger partial charge in [0.2, 0.25) is 0 Å². The van der Waals surface area contributed by atoms with Gasteiger partial charge in [-0.15, -0.1) is 0 Å². The van der Waals surface area contributed by atoms with Crippen molar-refractivity contribution < 1.29 is 18.3 Å². The molecule has 1 atom stereocenters. The van der Waals surface area contributed by atoms with Gasteiger partial charge in [-0.1, -0.05) is 0 Å². The molecule has 1 saturated heterocycles. The molecule has 5 nitrogen and oxygen atoms in total. The summed E-state index contributed by atoms with van der Waals surface area (Å²) in [5.74, 6) is 1.41. The molecule has 4 rings (SSSR count). The maximum absolute atomic E-state index is 13.3. The number of aliphatic hydroxyl groups is 1. The molecule has 1 aromatic carbocycles. The van der Waals surface area contributed by atoms with E-state index in [1.165, 1.54) is 0 Å². The van der Waals surface area contributed by atoms with E-state index in [4.69, 9.17) is 9.97 Å². The molecule has 1 aliphatic rings. The van der Waals surface area contributed by atoms with Crippen molar-refractivity contribution in [3.8, 4) is 5.69 Å². The Labute approximate surface area is 207 Å². The number of benzene rings is 1. The van der Waals surface area contributed by atoms with Crippen LogP contribution in [0.3, 0.4) is 0 Å².